The van der Waals surface area contributed by atoms with Gasteiger partial charge in [-0.2, -0.15) is 0 Å². The average Bonchev–Trinajstić information content (AvgIpc) is 2.37. The molecule has 0 aliphatic heterocycles. The van der Waals surface area contributed by atoms with Gasteiger partial charge in [0.15, 0.2) is 0 Å². The van der Waals surface area contributed by atoms with Crippen LogP contribution in [0.1, 0.15) is 11.1 Å². The van der Waals surface area contributed by atoms with Gasteiger partial charge in [0.1, 0.15) is 5.75 Å². The van der Waals surface area contributed by atoms with Gasteiger partial charge in [0.25, 0.3) is 0 Å². The summed E-state index contributed by atoms with van der Waals surface area (Å²) in [6.07, 6.45) is 0. The molecule has 2 aromatic carbocycles. The number of benzene rings is 2. The molecule has 0 amide bonds. The molecule has 0 bridgehead atoms. The standard InChI is InChI=1S/C15H14Br2ClNO/c1-9-3-4-14(13(18)5-9)19-8-10-6-11(16)7-12(17)15(10)20-2/h3-7,19H,8H2,1-2H3. The van der Waals surface area contributed by atoms with Gasteiger partial charge in [-0.05, 0) is 52.7 Å². The van der Waals surface area contributed by atoms with Crippen LogP contribution >= 0.6 is 43.5 Å². The molecule has 0 radical (unpaired) electrons. The lowest BCUT2D eigenvalue weighted by Gasteiger charge is -2.14. The van der Waals surface area contributed by atoms with Gasteiger partial charge in [0.05, 0.1) is 22.3 Å². The predicted octanol–water partition coefficient (Wildman–Crippen LogP) is 5.79. The third-order valence-corrected chi connectivity index (χ3v) is 4.24. The second-order valence-corrected chi connectivity index (χ2v) is 6.59. The van der Waals surface area contributed by atoms with Crippen molar-refractivity contribution < 1.29 is 4.74 Å². The van der Waals surface area contributed by atoms with E-state index in [4.69, 9.17) is 16.3 Å². The Bertz CT molecular complexity index is 632. The molecule has 0 aliphatic rings. The average molecular weight is 420 g/mol. The molecular formula is C15H14Br2ClNO. The van der Waals surface area contributed by atoms with Gasteiger partial charge in [0.2, 0.25) is 0 Å². The van der Waals surface area contributed by atoms with Crippen LogP contribution < -0.4 is 10.1 Å². The van der Waals surface area contributed by atoms with Crippen LogP contribution in [0.2, 0.25) is 5.02 Å². The fourth-order valence-corrected chi connectivity index (χ4v) is 3.71. The Morgan fingerprint density at radius 2 is 1.95 bits per heavy atom. The molecule has 20 heavy (non-hydrogen) atoms. The van der Waals surface area contributed by atoms with Gasteiger partial charge >= 0.3 is 0 Å². The number of hydrogen-bond acceptors (Lipinski definition) is 2. The zero-order chi connectivity index (χ0) is 14.7. The van der Waals surface area contributed by atoms with E-state index < -0.39 is 0 Å². The van der Waals surface area contributed by atoms with Crippen LogP contribution in [0.15, 0.2) is 39.3 Å². The van der Waals surface area contributed by atoms with Gasteiger partial charge in [-0.1, -0.05) is 33.6 Å². The summed E-state index contributed by atoms with van der Waals surface area (Å²) < 4.78 is 7.34. The normalized spacial score (nSPS) is 10.4. The van der Waals surface area contributed by atoms with E-state index in [0.29, 0.717) is 6.54 Å². The van der Waals surface area contributed by atoms with Gasteiger partial charge in [-0.25, -0.2) is 0 Å². The fraction of sp³-hybridized carbons (Fsp3) is 0.200. The molecule has 0 aromatic heterocycles. The monoisotopic (exact) mass is 417 g/mol. The summed E-state index contributed by atoms with van der Waals surface area (Å²) in [6, 6.07) is 9.94. The molecule has 2 rings (SSSR count). The molecule has 106 valence electrons. The lowest BCUT2D eigenvalue weighted by Crippen LogP contribution is -2.03. The van der Waals surface area contributed by atoms with Crippen LogP contribution in [0.3, 0.4) is 0 Å². The Labute approximate surface area is 140 Å². The molecule has 0 fully saturated rings. The van der Waals surface area contributed by atoms with Crippen LogP contribution in [0, 0.1) is 6.92 Å². The van der Waals surface area contributed by atoms with Crippen LogP contribution in [0.5, 0.6) is 5.75 Å². The Morgan fingerprint density at radius 3 is 2.60 bits per heavy atom. The number of nitrogens with one attached hydrogen (secondary N) is 1. The van der Waals surface area contributed by atoms with E-state index in [1.807, 2.05) is 37.3 Å². The predicted molar refractivity (Wildman–Crippen MR) is 91.9 cm³/mol. The summed E-state index contributed by atoms with van der Waals surface area (Å²) in [5.41, 5.74) is 3.10. The van der Waals surface area contributed by atoms with Crippen molar-refractivity contribution in [3.05, 3.63) is 55.4 Å². The van der Waals surface area contributed by atoms with Crippen molar-refractivity contribution in [2.45, 2.75) is 13.5 Å². The molecule has 2 nitrogen and oxygen atoms in total. The largest absolute Gasteiger partial charge is 0.495 e. The van der Waals surface area contributed by atoms with Crippen molar-refractivity contribution in [2.75, 3.05) is 12.4 Å². The molecule has 0 saturated carbocycles. The van der Waals surface area contributed by atoms with E-state index in [9.17, 15) is 0 Å². The maximum absolute atomic E-state index is 6.22. The number of anilines is 1. The number of methoxy groups -OCH3 is 1. The van der Waals surface area contributed by atoms with E-state index in [1.54, 1.807) is 7.11 Å². The molecule has 5 heteroatoms. The van der Waals surface area contributed by atoms with Crippen LogP contribution in [-0.4, -0.2) is 7.11 Å². The summed E-state index contributed by atoms with van der Waals surface area (Å²) in [5, 5.41) is 4.05. The Kier molecular flexibility index (Phi) is 5.35. The van der Waals surface area contributed by atoms with Crippen molar-refractivity contribution in [1.82, 2.24) is 0 Å². The van der Waals surface area contributed by atoms with Crippen LogP contribution in [-0.2, 0) is 6.54 Å². The van der Waals surface area contributed by atoms with E-state index in [2.05, 4.69) is 37.2 Å². The quantitative estimate of drug-likeness (QED) is 0.677. The smallest absolute Gasteiger partial charge is 0.138 e. The molecule has 0 aliphatic carbocycles. The maximum atomic E-state index is 6.22. The first-order chi connectivity index (χ1) is 9.51. The lowest BCUT2D eigenvalue weighted by atomic mass is 10.2. The highest BCUT2D eigenvalue weighted by Crippen LogP contribution is 2.33. The van der Waals surface area contributed by atoms with Crippen LogP contribution in [0.25, 0.3) is 0 Å². The highest BCUT2D eigenvalue weighted by atomic mass is 79.9. The van der Waals surface area contributed by atoms with Gasteiger partial charge in [0, 0.05) is 16.6 Å². The number of rotatable bonds is 4. The third kappa shape index (κ3) is 3.68. The highest BCUT2D eigenvalue weighted by Gasteiger charge is 2.10. The summed E-state index contributed by atoms with van der Waals surface area (Å²) in [4.78, 5) is 0. The lowest BCUT2D eigenvalue weighted by molar-refractivity contribution is 0.407. The first-order valence-corrected chi connectivity index (χ1v) is 7.99. The maximum Gasteiger partial charge on any atom is 0.138 e. The van der Waals surface area contributed by atoms with Crippen LogP contribution in [0.4, 0.5) is 5.69 Å². The van der Waals surface area contributed by atoms with Gasteiger partial charge in [-0.3, -0.25) is 0 Å². The molecular weight excluding hydrogens is 405 g/mol. The topological polar surface area (TPSA) is 21.3 Å². The fourth-order valence-electron chi connectivity index (χ4n) is 1.93. The molecule has 0 saturated heterocycles. The summed E-state index contributed by atoms with van der Waals surface area (Å²) in [7, 11) is 1.66. The van der Waals surface area contributed by atoms with Gasteiger partial charge in [-0.15, -0.1) is 0 Å². The van der Waals surface area contributed by atoms with Crippen molar-refractivity contribution in [2.24, 2.45) is 0 Å². The summed E-state index contributed by atoms with van der Waals surface area (Å²) >= 11 is 13.2. The summed E-state index contributed by atoms with van der Waals surface area (Å²) in [5.74, 6) is 0.823. The van der Waals surface area contributed by atoms with E-state index in [0.717, 1.165) is 36.5 Å². The Morgan fingerprint density at radius 1 is 1.20 bits per heavy atom. The summed E-state index contributed by atoms with van der Waals surface area (Å²) in [6.45, 7) is 2.65. The Balaban J connectivity index is 2.22. The second kappa shape index (κ2) is 6.83. The third-order valence-electron chi connectivity index (χ3n) is 2.88. The number of aryl methyl sites for hydroxylation is 1. The minimum absolute atomic E-state index is 0.629. The van der Waals surface area contributed by atoms with E-state index >= 15 is 0 Å². The zero-order valence-electron chi connectivity index (χ0n) is 11.1. The molecule has 0 atom stereocenters. The van der Waals surface area contributed by atoms with E-state index in [1.165, 1.54) is 0 Å². The molecule has 2 aromatic rings. The minimum atomic E-state index is 0.629. The highest BCUT2D eigenvalue weighted by molar-refractivity contribution is 9.11. The van der Waals surface area contributed by atoms with Crippen molar-refractivity contribution in [1.29, 1.82) is 0 Å². The molecule has 0 unspecified atom stereocenters. The van der Waals surface area contributed by atoms with Crippen molar-refractivity contribution in [3.63, 3.8) is 0 Å². The Hall–Kier alpha value is -0.710. The molecule has 1 N–H and O–H groups in total. The zero-order valence-corrected chi connectivity index (χ0v) is 15.1. The number of halogens is 3. The molecule has 0 heterocycles. The van der Waals surface area contributed by atoms with E-state index in [-0.39, 0.29) is 0 Å². The second-order valence-electron chi connectivity index (χ2n) is 4.42. The number of hydrogen-bond donors (Lipinski definition) is 1. The first kappa shape index (κ1) is 15.7. The molecule has 0 spiro atoms. The van der Waals surface area contributed by atoms with Crippen molar-refractivity contribution >= 4 is 49.1 Å². The van der Waals surface area contributed by atoms with Crippen molar-refractivity contribution in [3.8, 4) is 5.75 Å². The first-order valence-electron chi connectivity index (χ1n) is 6.03. The van der Waals surface area contributed by atoms with Gasteiger partial charge < -0.3 is 10.1 Å². The minimum Gasteiger partial charge on any atom is -0.495 e. The SMILES string of the molecule is COc1c(Br)cc(Br)cc1CNc1ccc(C)cc1Cl. The number of ether oxygens (including phenoxy) is 1.